The van der Waals surface area contributed by atoms with Gasteiger partial charge in [0.05, 0.1) is 4.88 Å². The summed E-state index contributed by atoms with van der Waals surface area (Å²) >= 11 is 2.97. The van der Waals surface area contributed by atoms with Crippen LogP contribution in [0.25, 0.3) is 16.0 Å². The lowest BCUT2D eigenvalue weighted by Gasteiger charge is -2.04. The number of nitrogens with zero attached hydrogens (tertiary/aromatic N) is 2. The number of nitrogens with one attached hydrogen (secondary N) is 1. The smallest absolute Gasteiger partial charge is 0.250 e. The van der Waals surface area contributed by atoms with Gasteiger partial charge in [-0.1, -0.05) is 55.5 Å². The number of anilines is 1. The predicted octanol–water partition coefficient (Wildman–Crippen LogP) is 5.04. The van der Waals surface area contributed by atoms with Crippen LogP contribution in [0.2, 0.25) is 0 Å². The van der Waals surface area contributed by atoms with Crippen LogP contribution in [-0.2, 0) is 4.79 Å². The van der Waals surface area contributed by atoms with Crippen LogP contribution in [0.1, 0.15) is 30.9 Å². The van der Waals surface area contributed by atoms with Gasteiger partial charge < -0.3 is 0 Å². The van der Waals surface area contributed by atoms with Crippen molar-refractivity contribution in [3.05, 3.63) is 59.0 Å². The van der Waals surface area contributed by atoms with E-state index in [1.807, 2.05) is 29.6 Å². The summed E-state index contributed by atoms with van der Waals surface area (Å²) in [7, 11) is 0. The van der Waals surface area contributed by atoms with Gasteiger partial charge in [-0.25, -0.2) is 0 Å². The Hall–Kier alpha value is -2.31. The fourth-order valence-corrected chi connectivity index (χ4v) is 3.62. The molecule has 122 valence electrons. The maximum atomic E-state index is 12.0. The number of aromatic nitrogens is 2. The van der Waals surface area contributed by atoms with Crippen molar-refractivity contribution in [2.24, 2.45) is 0 Å². The second-order valence-electron chi connectivity index (χ2n) is 5.53. The average Bonchev–Trinajstić information content (AvgIpc) is 3.24. The van der Waals surface area contributed by atoms with E-state index in [0.717, 1.165) is 15.4 Å². The van der Waals surface area contributed by atoms with Gasteiger partial charge in [-0.15, -0.1) is 21.5 Å². The van der Waals surface area contributed by atoms with Gasteiger partial charge in [-0.3, -0.25) is 10.1 Å². The Morgan fingerprint density at radius 2 is 1.96 bits per heavy atom. The third-order valence-corrected chi connectivity index (χ3v) is 5.30. The number of hydrogen-bond donors (Lipinski definition) is 1. The van der Waals surface area contributed by atoms with E-state index in [4.69, 9.17) is 0 Å². The maximum Gasteiger partial charge on any atom is 0.250 e. The number of hydrogen-bond acceptors (Lipinski definition) is 5. The summed E-state index contributed by atoms with van der Waals surface area (Å²) in [6, 6.07) is 12.1. The van der Waals surface area contributed by atoms with Crippen LogP contribution in [0.5, 0.6) is 0 Å². The molecule has 0 aliphatic rings. The van der Waals surface area contributed by atoms with Gasteiger partial charge in [0.15, 0.2) is 5.01 Å². The lowest BCUT2D eigenvalue weighted by molar-refractivity contribution is -0.111. The van der Waals surface area contributed by atoms with E-state index in [9.17, 15) is 4.79 Å². The monoisotopic (exact) mass is 355 g/mol. The first kappa shape index (κ1) is 16.5. The Kier molecular flexibility index (Phi) is 5.17. The highest BCUT2D eigenvalue weighted by molar-refractivity contribution is 7.23. The maximum absolute atomic E-state index is 12.0. The standard InChI is InChI=1S/C18H17N3OS2/c1-12(2)14-8-5-13(6-9-14)7-10-16(22)19-18-21-20-17(24-18)15-4-3-11-23-15/h3-12H,1-2H3,(H,19,21,22)/b10-7+. The molecule has 0 atom stereocenters. The molecular formula is C18H17N3OS2. The molecule has 0 radical (unpaired) electrons. The molecule has 3 rings (SSSR count). The van der Waals surface area contributed by atoms with Crippen LogP contribution >= 0.6 is 22.7 Å². The van der Waals surface area contributed by atoms with Crippen molar-refractivity contribution in [2.75, 3.05) is 5.32 Å². The lowest BCUT2D eigenvalue weighted by atomic mass is 10.0. The number of thiophene rings is 1. The minimum Gasteiger partial charge on any atom is -0.297 e. The minimum atomic E-state index is -0.211. The second kappa shape index (κ2) is 7.51. The molecule has 0 saturated carbocycles. The summed E-state index contributed by atoms with van der Waals surface area (Å²) in [5, 5.41) is 14.2. The van der Waals surface area contributed by atoms with Crippen LogP contribution in [0.4, 0.5) is 5.13 Å². The molecule has 2 heterocycles. The van der Waals surface area contributed by atoms with Crippen molar-refractivity contribution in [3.63, 3.8) is 0 Å². The van der Waals surface area contributed by atoms with Crippen molar-refractivity contribution in [1.82, 2.24) is 10.2 Å². The molecule has 3 aromatic rings. The molecule has 0 spiro atoms. The Bertz CT molecular complexity index is 834. The van der Waals surface area contributed by atoms with E-state index in [-0.39, 0.29) is 5.91 Å². The largest absolute Gasteiger partial charge is 0.297 e. The first-order chi connectivity index (χ1) is 11.6. The van der Waals surface area contributed by atoms with Gasteiger partial charge in [0.1, 0.15) is 0 Å². The third-order valence-electron chi connectivity index (χ3n) is 3.42. The van der Waals surface area contributed by atoms with Crippen LogP contribution < -0.4 is 5.32 Å². The molecule has 0 unspecified atom stereocenters. The molecule has 1 amide bonds. The molecule has 1 N–H and O–H groups in total. The zero-order valence-electron chi connectivity index (χ0n) is 13.4. The van der Waals surface area contributed by atoms with Crippen molar-refractivity contribution < 1.29 is 4.79 Å². The normalized spacial score (nSPS) is 11.3. The summed E-state index contributed by atoms with van der Waals surface area (Å²) in [5.74, 6) is 0.290. The average molecular weight is 355 g/mol. The topological polar surface area (TPSA) is 54.9 Å². The van der Waals surface area contributed by atoms with Crippen LogP contribution in [0, 0.1) is 0 Å². The number of amides is 1. The number of carbonyl (C=O) groups is 1. The highest BCUT2D eigenvalue weighted by Crippen LogP contribution is 2.29. The van der Waals surface area contributed by atoms with Gasteiger partial charge >= 0.3 is 0 Å². The Morgan fingerprint density at radius 1 is 1.17 bits per heavy atom. The number of rotatable bonds is 5. The molecule has 0 aliphatic carbocycles. The van der Waals surface area contributed by atoms with Crippen LogP contribution in [-0.4, -0.2) is 16.1 Å². The minimum absolute atomic E-state index is 0.211. The zero-order valence-corrected chi connectivity index (χ0v) is 15.0. The molecule has 0 saturated heterocycles. The Balaban J connectivity index is 1.61. The first-order valence-electron chi connectivity index (χ1n) is 7.58. The fourth-order valence-electron chi connectivity index (χ4n) is 2.08. The molecule has 1 aromatic carbocycles. The Morgan fingerprint density at radius 3 is 2.62 bits per heavy atom. The van der Waals surface area contributed by atoms with E-state index in [1.165, 1.54) is 23.0 Å². The number of benzene rings is 1. The molecule has 24 heavy (non-hydrogen) atoms. The quantitative estimate of drug-likeness (QED) is 0.652. The second-order valence-corrected chi connectivity index (χ2v) is 7.46. The molecule has 0 aliphatic heterocycles. The summed E-state index contributed by atoms with van der Waals surface area (Å²) in [6.07, 6.45) is 3.30. The van der Waals surface area contributed by atoms with E-state index in [1.54, 1.807) is 17.4 Å². The van der Waals surface area contributed by atoms with Gasteiger partial charge in [0.2, 0.25) is 11.0 Å². The first-order valence-corrected chi connectivity index (χ1v) is 9.28. The van der Waals surface area contributed by atoms with Crippen LogP contribution in [0.15, 0.2) is 47.9 Å². The van der Waals surface area contributed by atoms with Gasteiger partial charge in [0.25, 0.3) is 0 Å². The molecule has 6 heteroatoms. The SMILES string of the molecule is CC(C)c1ccc(/C=C/C(=O)Nc2nnc(-c3cccs3)s2)cc1. The van der Waals surface area contributed by atoms with Gasteiger partial charge in [-0.05, 0) is 34.6 Å². The van der Waals surface area contributed by atoms with Crippen LogP contribution in [0.3, 0.4) is 0 Å². The summed E-state index contributed by atoms with van der Waals surface area (Å²) in [4.78, 5) is 13.1. The summed E-state index contributed by atoms with van der Waals surface area (Å²) in [6.45, 7) is 4.32. The summed E-state index contributed by atoms with van der Waals surface area (Å²) in [5.41, 5.74) is 2.28. The highest BCUT2D eigenvalue weighted by Gasteiger charge is 2.08. The van der Waals surface area contributed by atoms with Gasteiger partial charge in [0, 0.05) is 6.08 Å². The number of carbonyl (C=O) groups excluding carboxylic acids is 1. The predicted molar refractivity (Wildman–Crippen MR) is 101 cm³/mol. The summed E-state index contributed by atoms with van der Waals surface area (Å²) < 4.78 is 0. The highest BCUT2D eigenvalue weighted by atomic mass is 32.1. The molecule has 0 fully saturated rings. The third kappa shape index (κ3) is 4.15. The van der Waals surface area contributed by atoms with Crippen molar-refractivity contribution in [3.8, 4) is 9.88 Å². The lowest BCUT2D eigenvalue weighted by Crippen LogP contribution is -2.07. The van der Waals surface area contributed by atoms with E-state index in [0.29, 0.717) is 11.0 Å². The molecule has 0 bridgehead atoms. The fraction of sp³-hybridized carbons (Fsp3) is 0.167. The van der Waals surface area contributed by atoms with E-state index < -0.39 is 0 Å². The van der Waals surface area contributed by atoms with E-state index in [2.05, 4.69) is 41.5 Å². The van der Waals surface area contributed by atoms with Crippen molar-refractivity contribution >= 4 is 39.8 Å². The zero-order chi connectivity index (χ0) is 16.9. The molecule has 4 nitrogen and oxygen atoms in total. The molecule has 2 aromatic heterocycles. The van der Waals surface area contributed by atoms with Gasteiger partial charge in [-0.2, -0.15) is 0 Å². The van der Waals surface area contributed by atoms with E-state index >= 15 is 0 Å². The Labute approximate surface area is 148 Å². The van der Waals surface area contributed by atoms with Crippen molar-refractivity contribution in [2.45, 2.75) is 19.8 Å². The van der Waals surface area contributed by atoms with Crippen molar-refractivity contribution in [1.29, 1.82) is 0 Å². The molecular weight excluding hydrogens is 338 g/mol.